The summed E-state index contributed by atoms with van der Waals surface area (Å²) in [5.74, 6) is 0.469. The van der Waals surface area contributed by atoms with Gasteiger partial charge in [0.15, 0.2) is 5.78 Å². The first-order chi connectivity index (χ1) is 7.68. The standard InChI is InChI=1S/C13H17BrO2/c14-11-5-2-1-4-9(11)8-10-12(15)6-3-7-13(10)16/h15H,1-8H2. The molecular weight excluding hydrogens is 268 g/mol. The Bertz CT molecular complexity index is 366. The lowest BCUT2D eigenvalue weighted by Crippen LogP contribution is -2.13. The number of allylic oxidation sites excluding steroid dienone is 4. The van der Waals surface area contributed by atoms with Crippen LogP contribution >= 0.6 is 15.9 Å². The van der Waals surface area contributed by atoms with Crippen LogP contribution in [0.3, 0.4) is 0 Å². The second kappa shape index (κ2) is 5.17. The fourth-order valence-corrected chi connectivity index (χ4v) is 3.03. The van der Waals surface area contributed by atoms with Crippen LogP contribution in [-0.2, 0) is 4.79 Å². The highest BCUT2D eigenvalue weighted by Crippen LogP contribution is 2.35. The maximum atomic E-state index is 11.7. The second-order valence-electron chi connectivity index (χ2n) is 4.59. The molecule has 0 aromatic carbocycles. The number of hydrogen-bond donors (Lipinski definition) is 1. The highest BCUT2D eigenvalue weighted by Gasteiger charge is 2.22. The van der Waals surface area contributed by atoms with Crippen molar-refractivity contribution in [2.24, 2.45) is 0 Å². The van der Waals surface area contributed by atoms with Crippen LogP contribution in [0.25, 0.3) is 0 Å². The number of aliphatic hydroxyl groups excluding tert-OH is 1. The molecule has 0 radical (unpaired) electrons. The van der Waals surface area contributed by atoms with Crippen molar-refractivity contribution in [3.05, 3.63) is 21.4 Å². The zero-order valence-electron chi connectivity index (χ0n) is 9.39. The molecule has 16 heavy (non-hydrogen) atoms. The Morgan fingerprint density at radius 1 is 1.06 bits per heavy atom. The van der Waals surface area contributed by atoms with Crippen LogP contribution in [0.4, 0.5) is 0 Å². The van der Waals surface area contributed by atoms with Gasteiger partial charge in [-0.15, -0.1) is 0 Å². The third kappa shape index (κ3) is 2.57. The molecule has 0 unspecified atom stereocenters. The van der Waals surface area contributed by atoms with Gasteiger partial charge in [-0.1, -0.05) is 21.5 Å². The van der Waals surface area contributed by atoms with Crippen molar-refractivity contribution < 1.29 is 9.90 Å². The number of carbonyl (C=O) groups excluding carboxylic acids is 1. The van der Waals surface area contributed by atoms with Gasteiger partial charge in [0.1, 0.15) is 0 Å². The van der Waals surface area contributed by atoms with Crippen molar-refractivity contribution in [2.45, 2.75) is 51.4 Å². The monoisotopic (exact) mass is 284 g/mol. The summed E-state index contributed by atoms with van der Waals surface area (Å²) in [4.78, 5) is 11.7. The van der Waals surface area contributed by atoms with Crippen LogP contribution in [0.1, 0.15) is 51.4 Å². The van der Waals surface area contributed by atoms with Crippen LogP contribution in [0, 0.1) is 0 Å². The molecule has 2 aliphatic carbocycles. The molecule has 1 N–H and O–H groups in total. The van der Waals surface area contributed by atoms with E-state index < -0.39 is 0 Å². The smallest absolute Gasteiger partial charge is 0.162 e. The van der Waals surface area contributed by atoms with Crippen molar-refractivity contribution in [3.63, 3.8) is 0 Å². The first-order valence-electron chi connectivity index (χ1n) is 5.99. The summed E-state index contributed by atoms with van der Waals surface area (Å²) in [5.41, 5.74) is 1.98. The summed E-state index contributed by atoms with van der Waals surface area (Å²) in [6, 6.07) is 0. The first-order valence-corrected chi connectivity index (χ1v) is 6.78. The molecule has 0 heterocycles. The summed E-state index contributed by atoms with van der Waals surface area (Å²) in [5, 5.41) is 9.78. The van der Waals surface area contributed by atoms with Crippen molar-refractivity contribution in [2.75, 3.05) is 0 Å². The molecule has 0 aromatic heterocycles. The Labute approximate surface area is 105 Å². The third-order valence-corrected chi connectivity index (χ3v) is 4.36. The van der Waals surface area contributed by atoms with Gasteiger partial charge < -0.3 is 5.11 Å². The molecule has 88 valence electrons. The van der Waals surface area contributed by atoms with Crippen LogP contribution in [0.2, 0.25) is 0 Å². The Hall–Kier alpha value is -0.570. The molecule has 2 aliphatic rings. The molecule has 0 amide bonds. The Kier molecular flexibility index (Phi) is 3.85. The maximum absolute atomic E-state index is 11.7. The zero-order chi connectivity index (χ0) is 11.5. The lowest BCUT2D eigenvalue weighted by Gasteiger charge is -2.20. The quantitative estimate of drug-likeness (QED) is 0.827. The van der Waals surface area contributed by atoms with Crippen LogP contribution in [-0.4, -0.2) is 10.9 Å². The van der Waals surface area contributed by atoms with Gasteiger partial charge in [0.2, 0.25) is 0 Å². The van der Waals surface area contributed by atoms with Crippen LogP contribution < -0.4 is 0 Å². The minimum absolute atomic E-state index is 0.141. The fourth-order valence-electron chi connectivity index (χ4n) is 2.41. The molecule has 0 aliphatic heterocycles. The van der Waals surface area contributed by atoms with Crippen molar-refractivity contribution in [1.82, 2.24) is 0 Å². The average Bonchev–Trinajstić information content (AvgIpc) is 2.26. The van der Waals surface area contributed by atoms with Gasteiger partial charge in [-0.2, -0.15) is 0 Å². The van der Waals surface area contributed by atoms with E-state index in [1.54, 1.807) is 0 Å². The predicted molar refractivity (Wildman–Crippen MR) is 67.6 cm³/mol. The SMILES string of the molecule is O=C1CCCC(O)=C1CC1=C(Br)CCCC1. The van der Waals surface area contributed by atoms with Crippen molar-refractivity contribution in [1.29, 1.82) is 0 Å². The number of rotatable bonds is 2. The van der Waals surface area contributed by atoms with Gasteiger partial charge in [-0.05, 0) is 36.6 Å². The minimum Gasteiger partial charge on any atom is -0.512 e. The third-order valence-electron chi connectivity index (χ3n) is 3.40. The summed E-state index contributed by atoms with van der Waals surface area (Å²) >= 11 is 3.59. The molecule has 2 rings (SSSR count). The van der Waals surface area contributed by atoms with Crippen LogP contribution in [0.5, 0.6) is 0 Å². The summed E-state index contributed by atoms with van der Waals surface area (Å²) in [7, 11) is 0. The van der Waals surface area contributed by atoms with Gasteiger partial charge in [0.25, 0.3) is 0 Å². The van der Waals surface area contributed by atoms with Crippen molar-refractivity contribution in [3.8, 4) is 0 Å². The Morgan fingerprint density at radius 2 is 1.81 bits per heavy atom. The largest absolute Gasteiger partial charge is 0.512 e. The molecular formula is C13H17BrO2. The lowest BCUT2D eigenvalue weighted by molar-refractivity contribution is -0.116. The normalized spacial score (nSPS) is 22.9. The molecule has 0 saturated heterocycles. The molecule has 0 fully saturated rings. The Balaban J connectivity index is 2.17. The predicted octanol–water partition coefficient (Wildman–Crippen LogP) is 4.16. The number of aliphatic hydroxyl groups is 1. The molecule has 0 saturated carbocycles. The molecule has 0 bridgehead atoms. The van der Waals surface area contributed by atoms with E-state index in [0.717, 1.165) is 19.3 Å². The first kappa shape index (κ1) is 11.9. The summed E-state index contributed by atoms with van der Waals surface area (Å²) < 4.78 is 1.25. The van der Waals surface area contributed by atoms with E-state index in [9.17, 15) is 9.90 Å². The number of halogens is 1. The van der Waals surface area contributed by atoms with E-state index in [1.807, 2.05) is 0 Å². The molecule has 0 spiro atoms. The molecule has 0 aromatic rings. The topological polar surface area (TPSA) is 37.3 Å². The summed E-state index contributed by atoms with van der Waals surface area (Å²) in [6.45, 7) is 0. The number of Topliss-reactive ketones (excluding diaryl/α,β-unsaturated/α-hetero) is 1. The molecule has 2 nitrogen and oxygen atoms in total. The van der Waals surface area contributed by atoms with Crippen LogP contribution in [0.15, 0.2) is 21.4 Å². The van der Waals surface area contributed by atoms with Gasteiger partial charge in [-0.3, -0.25) is 4.79 Å². The van der Waals surface area contributed by atoms with E-state index >= 15 is 0 Å². The second-order valence-corrected chi connectivity index (χ2v) is 5.55. The Morgan fingerprint density at radius 3 is 2.50 bits per heavy atom. The fraction of sp³-hybridized carbons (Fsp3) is 0.615. The summed E-state index contributed by atoms with van der Waals surface area (Å²) in [6.07, 6.45) is 7.30. The van der Waals surface area contributed by atoms with E-state index in [-0.39, 0.29) is 5.78 Å². The lowest BCUT2D eigenvalue weighted by atomic mass is 9.88. The highest BCUT2D eigenvalue weighted by molar-refractivity contribution is 9.11. The number of ketones is 1. The van der Waals surface area contributed by atoms with Gasteiger partial charge in [0, 0.05) is 24.8 Å². The average molecular weight is 285 g/mol. The van der Waals surface area contributed by atoms with E-state index in [4.69, 9.17) is 0 Å². The van der Waals surface area contributed by atoms with E-state index in [2.05, 4.69) is 15.9 Å². The number of carbonyl (C=O) groups is 1. The number of hydrogen-bond acceptors (Lipinski definition) is 2. The molecule has 0 atom stereocenters. The van der Waals surface area contributed by atoms with Gasteiger partial charge in [0.05, 0.1) is 5.76 Å². The van der Waals surface area contributed by atoms with Crippen molar-refractivity contribution >= 4 is 21.7 Å². The minimum atomic E-state index is 0.141. The van der Waals surface area contributed by atoms with Gasteiger partial charge >= 0.3 is 0 Å². The van der Waals surface area contributed by atoms with Gasteiger partial charge in [-0.25, -0.2) is 0 Å². The van der Waals surface area contributed by atoms with E-state index in [0.29, 0.717) is 30.6 Å². The highest BCUT2D eigenvalue weighted by atomic mass is 79.9. The van der Waals surface area contributed by atoms with E-state index in [1.165, 1.54) is 22.9 Å². The molecule has 3 heteroatoms. The zero-order valence-corrected chi connectivity index (χ0v) is 11.0. The maximum Gasteiger partial charge on any atom is 0.162 e.